The first-order chi connectivity index (χ1) is 9.31. The summed E-state index contributed by atoms with van der Waals surface area (Å²) in [5, 5.41) is 4.57. The number of ether oxygens (including phenoxy) is 1. The van der Waals surface area contributed by atoms with Gasteiger partial charge in [-0.25, -0.2) is 0 Å². The van der Waals surface area contributed by atoms with Crippen LogP contribution in [0.1, 0.15) is 17.9 Å². The summed E-state index contributed by atoms with van der Waals surface area (Å²) in [6.07, 6.45) is 0. The molecule has 0 spiro atoms. The molecule has 3 rings (SSSR count). The molecular formula is C16H17NOS. The molecule has 1 aliphatic rings. The van der Waals surface area contributed by atoms with Crippen molar-refractivity contribution in [3.63, 3.8) is 0 Å². The summed E-state index contributed by atoms with van der Waals surface area (Å²) in [7, 11) is 0. The highest BCUT2D eigenvalue weighted by Crippen LogP contribution is 2.36. The van der Waals surface area contributed by atoms with Gasteiger partial charge in [0, 0.05) is 11.8 Å². The Balaban J connectivity index is 1.76. The molecule has 0 aliphatic carbocycles. The molecule has 1 saturated heterocycles. The van der Waals surface area contributed by atoms with Gasteiger partial charge in [-0.2, -0.15) is 0 Å². The summed E-state index contributed by atoms with van der Waals surface area (Å²) in [6.45, 7) is 3.32. The van der Waals surface area contributed by atoms with E-state index in [0.29, 0.717) is 10.6 Å². The smallest absolute Gasteiger partial charge is 0.127 e. The van der Waals surface area contributed by atoms with Crippen molar-refractivity contribution in [1.82, 2.24) is 5.32 Å². The molecule has 98 valence electrons. The van der Waals surface area contributed by atoms with Crippen molar-refractivity contribution in [3.05, 3.63) is 60.2 Å². The molecule has 0 bridgehead atoms. The third kappa shape index (κ3) is 3.11. The maximum atomic E-state index is 5.87. The van der Waals surface area contributed by atoms with Crippen LogP contribution >= 0.6 is 11.8 Å². The van der Waals surface area contributed by atoms with E-state index in [4.69, 9.17) is 4.74 Å². The van der Waals surface area contributed by atoms with Crippen molar-refractivity contribution < 1.29 is 4.74 Å². The van der Waals surface area contributed by atoms with E-state index >= 15 is 0 Å². The van der Waals surface area contributed by atoms with E-state index in [1.54, 1.807) is 0 Å². The Morgan fingerprint density at radius 2 is 1.84 bits per heavy atom. The lowest BCUT2D eigenvalue weighted by atomic mass is 10.2. The van der Waals surface area contributed by atoms with Crippen molar-refractivity contribution >= 4 is 11.8 Å². The Labute approximate surface area is 118 Å². The molecule has 0 aromatic heterocycles. The van der Waals surface area contributed by atoms with Gasteiger partial charge in [0.15, 0.2) is 0 Å². The summed E-state index contributed by atoms with van der Waals surface area (Å²) in [5.74, 6) is 1.77. The van der Waals surface area contributed by atoms with E-state index in [2.05, 4.69) is 30.4 Å². The molecule has 2 nitrogen and oxygen atoms in total. The zero-order valence-corrected chi connectivity index (χ0v) is 11.7. The van der Waals surface area contributed by atoms with Crippen LogP contribution in [-0.4, -0.2) is 11.8 Å². The van der Waals surface area contributed by atoms with E-state index in [1.807, 2.05) is 48.2 Å². The first-order valence-corrected chi connectivity index (χ1v) is 7.47. The Hall–Kier alpha value is -1.45. The predicted octanol–water partition coefficient (Wildman–Crippen LogP) is 4.20. The fourth-order valence-corrected chi connectivity index (χ4v) is 3.32. The number of para-hydroxylation sites is 1. The lowest BCUT2D eigenvalue weighted by Gasteiger charge is -2.12. The van der Waals surface area contributed by atoms with Gasteiger partial charge in [0.2, 0.25) is 0 Å². The minimum absolute atomic E-state index is 0.384. The Bertz CT molecular complexity index is 543. The van der Waals surface area contributed by atoms with Gasteiger partial charge in [0.1, 0.15) is 11.5 Å². The van der Waals surface area contributed by atoms with E-state index in [9.17, 15) is 0 Å². The topological polar surface area (TPSA) is 21.3 Å². The summed E-state index contributed by atoms with van der Waals surface area (Å²) in [6, 6.07) is 18.2. The molecule has 1 fully saturated rings. The minimum atomic E-state index is 0.384. The first-order valence-electron chi connectivity index (χ1n) is 6.53. The second-order valence-corrected chi connectivity index (χ2v) is 6.27. The van der Waals surface area contributed by atoms with Crippen LogP contribution in [0.5, 0.6) is 11.5 Å². The summed E-state index contributed by atoms with van der Waals surface area (Å²) in [4.78, 5) is 0. The number of rotatable bonds is 3. The van der Waals surface area contributed by atoms with Crippen molar-refractivity contribution in [1.29, 1.82) is 0 Å². The SMILES string of the molecule is CC1CNC(c2cccc(Oc3ccccc3)c2)S1. The zero-order chi connectivity index (χ0) is 13.1. The van der Waals surface area contributed by atoms with Gasteiger partial charge >= 0.3 is 0 Å². The van der Waals surface area contributed by atoms with Crippen LogP contribution in [0.4, 0.5) is 0 Å². The molecule has 0 radical (unpaired) electrons. The van der Waals surface area contributed by atoms with Crippen molar-refractivity contribution in [2.24, 2.45) is 0 Å². The number of benzene rings is 2. The second-order valence-electron chi connectivity index (χ2n) is 4.72. The van der Waals surface area contributed by atoms with Crippen molar-refractivity contribution in [2.75, 3.05) is 6.54 Å². The van der Waals surface area contributed by atoms with Crippen molar-refractivity contribution in [3.8, 4) is 11.5 Å². The van der Waals surface area contributed by atoms with Gasteiger partial charge in [0.25, 0.3) is 0 Å². The molecule has 2 aromatic carbocycles. The molecule has 1 heterocycles. The molecule has 3 heteroatoms. The normalized spacial score (nSPS) is 22.4. The highest BCUT2D eigenvalue weighted by Gasteiger charge is 2.22. The summed E-state index contributed by atoms with van der Waals surface area (Å²) >= 11 is 1.97. The summed E-state index contributed by atoms with van der Waals surface area (Å²) < 4.78 is 5.87. The molecule has 1 N–H and O–H groups in total. The average molecular weight is 271 g/mol. The lowest BCUT2D eigenvalue weighted by molar-refractivity contribution is 0.481. The van der Waals surface area contributed by atoms with Crippen LogP contribution in [0.3, 0.4) is 0 Å². The number of nitrogens with one attached hydrogen (secondary N) is 1. The lowest BCUT2D eigenvalue weighted by Crippen LogP contribution is -2.13. The average Bonchev–Trinajstić information content (AvgIpc) is 2.87. The maximum absolute atomic E-state index is 5.87. The quantitative estimate of drug-likeness (QED) is 0.904. The molecule has 1 aliphatic heterocycles. The summed E-state index contributed by atoms with van der Waals surface area (Å²) in [5.41, 5.74) is 1.28. The highest BCUT2D eigenvalue weighted by atomic mass is 32.2. The van der Waals surface area contributed by atoms with Gasteiger partial charge in [-0.3, -0.25) is 0 Å². The van der Waals surface area contributed by atoms with Crippen LogP contribution in [0.25, 0.3) is 0 Å². The fourth-order valence-electron chi connectivity index (χ4n) is 2.16. The third-order valence-corrected chi connectivity index (χ3v) is 4.44. The van der Waals surface area contributed by atoms with Crippen LogP contribution in [0, 0.1) is 0 Å². The van der Waals surface area contributed by atoms with E-state index in [1.165, 1.54) is 5.56 Å². The predicted molar refractivity (Wildman–Crippen MR) is 80.8 cm³/mol. The Morgan fingerprint density at radius 3 is 2.58 bits per heavy atom. The molecule has 0 amide bonds. The number of thioether (sulfide) groups is 1. The maximum Gasteiger partial charge on any atom is 0.127 e. The van der Waals surface area contributed by atoms with Gasteiger partial charge in [-0.15, -0.1) is 11.8 Å². The molecule has 2 atom stereocenters. The molecule has 2 unspecified atom stereocenters. The second kappa shape index (κ2) is 5.68. The van der Waals surface area contributed by atoms with E-state index in [-0.39, 0.29) is 0 Å². The monoisotopic (exact) mass is 271 g/mol. The molecule has 19 heavy (non-hydrogen) atoms. The molecule has 2 aromatic rings. The van der Waals surface area contributed by atoms with E-state index < -0.39 is 0 Å². The van der Waals surface area contributed by atoms with Crippen LogP contribution < -0.4 is 10.1 Å². The van der Waals surface area contributed by atoms with E-state index in [0.717, 1.165) is 18.0 Å². The largest absolute Gasteiger partial charge is 0.457 e. The Morgan fingerprint density at radius 1 is 1.05 bits per heavy atom. The zero-order valence-electron chi connectivity index (χ0n) is 10.9. The van der Waals surface area contributed by atoms with Gasteiger partial charge in [0.05, 0.1) is 5.37 Å². The number of hydrogen-bond donors (Lipinski definition) is 1. The van der Waals surface area contributed by atoms with Gasteiger partial charge in [-0.05, 0) is 29.8 Å². The molecule has 0 saturated carbocycles. The van der Waals surface area contributed by atoms with Crippen LogP contribution in [0.2, 0.25) is 0 Å². The molecular weight excluding hydrogens is 254 g/mol. The first kappa shape index (κ1) is 12.6. The standard InChI is InChI=1S/C16H17NOS/c1-12-11-17-16(19-12)13-6-5-9-15(10-13)18-14-7-3-2-4-8-14/h2-10,12,16-17H,11H2,1H3. The van der Waals surface area contributed by atoms with Crippen molar-refractivity contribution in [2.45, 2.75) is 17.5 Å². The highest BCUT2D eigenvalue weighted by molar-refractivity contribution is 8.00. The van der Waals surface area contributed by atoms with Crippen LogP contribution in [-0.2, 0) is 0 Å². The Kier molecular flexibility index (Phi) is 3.76. The third-order valence-electron chi connectivity index (χ3n) is 3.10. The van der Waals surface area contributed by atoms with Crippen LogP contribution in [0.15, 0.2) is 54.6 Å². The minimum Gasteiger partial charge on any atom is -0.457 e. The van der Waals surface area contributed by atoms with Gasteiger partial charge < -0.3 is 10.1 Å². The number of hydrogen-bond acceptors (Lipinski definition) is 3. The van der Waals surface area contributed by atoms with Gasteiger partial charge in [-0.1, -0.05) is 37.3 Å². The fraction of sp³-hybridized carbons (Fsp3) is 0.250.